The van der Waals surface area contributed by atoms with Crippen LogP contribution >= 0.6 is 11.6 Å². The van der Waals surface area contributed by atoms with E-state index in [-0.39, 0.29) is 0 Å². The molecule has 104 valence electrons. The average molecular weight is 293 g/mol. The number of hydrogen-bond acceptors (Lipinski definition) is 2. The Morgan fingerprint density at radius 1 is 1.32 bits per heavy atom. The highest BCUT2D eigenvalue weighted by atomic mass is 35.5. The van der Waals surface area contributed by atoms with E-state index in [0.29, 0.717) is 10.6 Å². The lowest BCUT2D eigenvalue weighted by Gasteiger charge is -2.25. The molecule has 0 spiro atoms. The van der Waals surface area contributed by atoms with Crippen LogP contribution in [0.5, 0.6) is 0 Å². The highest BCUT2D eigenvalue weighted by Gasteiger charge is 2.43. The van der Waals surface area contributed by atoms with Gasteiger partial charge in [0.15, 0.2) is 0 Å². The maximum atomic E-state index is 12.5. The van der Waals surface area contributed by atoms with Gasteiger partial charge in [0.1, 0.15) is 12.7 Å². The Labute approximate surface area is 113 Å². The van der Waals surface area contributed by atoms with Crippen LogP contribution < -0.4 is 5.32 Å². The third kappa shape index (κ3) is 3.19. The minimum atomic E-state index is -4.42. The molecule has 1 amide bonds. The van der Waals surface area contributed by atoms with E-state index in [2.05, 4.69) is 5.32 Å². The van der Waals surface area contributed by atoms with Crippen LogP contribution in [-0.4, -0.2) is 29.6 Å². The standard InChI is InChI=1S/C12H12ClF3N2O/c1-7-11(19)18(6-12(14,15)16)10(17-7)8-2-4-9(13)5-3-8/h2-5,7,10,17H,6H2,1H3. The second-order valence-electron chi connectivity index (χ2n) is 4.42. The second-order valence-corrected chi connectivity index (χ2v) is 4.86. The number of rotatable bonds is 2. The number of carbonyl (C=O) groups excluding carboxylic acids is 1. The van der Waals surface area contributed by atoms with Gasteiger partial charge >= 0.3 is 6.18 Å². The van der Waals surface area contributed by atoms with Crippen molar-refractivity contribution in [3.8, 4) is 0 Å². The lowest BCUT2D eigenvalue weighted by Crippen LogP contribution is -2.38. The molecular formula is C12H12ClF3N2O. The number of amides is 1. The zero-order valence-corrected chi connectivity index (χ0v) is 10.8. The van der Waals surface area contributed by atoms with E-state index in [0.717, 1.165) is 4.90 Å². The number of carbonyl (C=O) groups is 1. The monoisotopic (exact) mass is 292 g/mol. The molecule has 2 rings (SSSR count). The Bertz CT molecular complexity index is 475. The van der Waals surface area contributed by atoms with Crippen molar-refractivity contribution in [1.29, 1.82) is 0 Å². The van der Waals surface area contributed by atoms with Crippen molar-refractivity contribution in [2.75, 3.05) is 6.54 Å². The van der Waals surface area contributed by atoms with E-state index < -0.39 is 30.8 Å². The first-order valence-electron chi connectivity index (χ1n) is 5.67. The summed E-state index contributed by atoms with van der Waals surface area (Å²) < 4.78 is 37.6. The van der Waals surface area contributed by atoms with E-state index in [1.807, 2.05) is 0 Å². The number of benzene rings is 1. The molecule has 1 aromatic rings. The van der Waals surface area contributed by atoms with E-state index in [1.165, 1.54) is 0 Å². The molecule has 7 heteroatoms. The fourth-order valence-corrected chi connectivity index (χ4v) is 2.18. The largest absolute Gasteiger partial charge is 0.406 e. The molecule has 19 heavy (non-hydrogen) atoms. The first-order valence-corrected chi connectivity index (χ1v) is 6.04. The molecular weight excluding hydrogens is 281 g/mol. The molecule has 1 aromatic carbocycles. The highest BCUT2D eigenvalue weighted by molar-refractivity contribution is 6.30. The molecule has 0 aliphatic carbocycles. The number of alkyl halides is 3. The minimum Gasteiger partial charge on any atom is -0.312 e. The highest BCUT2D eigenvalue weighted by Crippen LogP contribution is 2.29. The summed E-state index contributed by atoms with van der Waals surface area (Å²) in [6.45, 7) is 0.276. The number of nitrogens with zero attached hydrogens (tertiary/aromatic N) is 1. The molecule has 2 atom stereocenters. The topological polar surface area (TPSA) is 32.3 Å². The summed E-state index contributed by atoms with van der Waals surface area (Å²) in [6.07, 6.45) is -5.20. The quantitative estimate of drug-likeness (QED) is 0.909. The maximum absolute atomic E-state index is 12.5. The average Bonchev–Trinajstić information content (AvgIpc) is 2.57. The van der Waals surface area contributed by atoms with Gasteiger partial charge in [-0.1, -0.05) is 23.7 Å². The summed E-state index contributed by atoms with van der Waals surface area (Å²) in [5.74, 6) is -0.558. The molecule has 1 saturated heterocycles. The van der Waals surface area contributed by atoms with Crippen LogP contribution in [0.3, 0.4) is 0 Å². The van der Waals surface area contributed by atoms with Crippen molar-refractivity contribution in [2.24, 2.45) is 0 Å². The van der Waals surface area contributed by atoms with Crippen LogP contribution in [0.4, 0.5) is 13.2 Å². The Morgan fingerprint density at radius 2 is 1.89 bits per heavy atom. The fraction of sp³-hybridized carbons (Fsp3) is 0.417. The molecule has 1 fully saturated rings. The van der Waals surface area contributed by atoms with Crippen LogP contribution in [0, 0.1) is 0 Å². The van der Waals surface area contributed by atoms with Gasteiger partial charge < -0.3 is 4.90 Å². The molecule has 0 bridgehead atoms. The van der Waals surface area contributed by atoms with E-state index >= 15 is 0 Å². The smallest absolute Gasteiger partial charge is 0.312 e. The number of nitrogens with one attached hydrogen (secondary N) is 1. The van der Waals surface area contributed by atoms with Crippen molar-refractivity contribution < 1.29 is 18.0 Å². The third-order valence-corrected chi connectivity index (χ3v) is 3.16. The Kier molecular flexibility index (Phi) is 3.73. The van der Waals surface area contributed by atoms with Gasteiger partial charge in [-0.2, -0.15) is 13.2 Å². The third-order valence-electron chi connectivity index (χ3n) is 2.91. The zero-order valence-electron chi connectivity index (χ0n) is 10.0. The molecule has 2 unspecified atom stereocenters. The molecule has 1 aliphatic rings. The van der Waals surface area contributed by atoms with Gasteiger partial charge in [0.05, 0.1) is 6.04 Å². The van der Waals surface area contributed by atoms with Crippen molar-refractivity contribution in [1.82, 2.24) is 10.2 Å². The van der Waals surface area contributed by atoms with Gasteiger partial charge in [0.2, 0.25) is 5.91 Å². The first kappa shape index (κ1) is 14.1. The van der Waals surface area contributed by atoms with Crippen LogP contribution in [0.2, 0.25) is 5.02 Å². The van der Waals surface area contributed by atoms with Crippen LogP contribution in [0.1, 0.15) is 18.7 Å². The van der Waals surface area contributed by atoms with Crippen molar-refractivity contribution in [3.05, 3.63) is 34.9 Å². The molecule has 1 heterocycles. The fourth-order valence-electron chi connectivity index (χ4n) is 2.06. The normalized spacial score (nSPS) is 24.1. The van der Waals surface area contributed by atoms with Gasteiger partial charge in [-0.15, -0.1) is 0 Å². The lowest BCUT2D eigenvalue weighted by atomic mass is 10.1. The van der Waals surface area contributed by atoms with E-state index in [4.69, 9.17) is 11.6 Å². The van der Waals surface area contributed by atoms with Crippen molar-refractivity contribution in [3.63, 3.8) is 0 Å². The first-order chi connectivity index (χ1) is 8.78. The molecule has 1 aliphatic heterocycles. The van der Waals surface area contributed by atoms with Gasteiger partial charge in [-0.05, 0) is 24.6 Å². The van der Waals surface area contributed by atoms with Crippen molar-refractivity contribution in [2.45, 2.75) is 25.3 Å². The van der Waals surface area contributed by atoms with Crippen LogP contribution in [-0.2, 0) is 4.79 Å². The van der Waals surface area contributed by atoms with Gasteiger partial charge in [0, 0.05) is 5.02 Å². The van der Waals surface area contributed by atoms with Crippen molar-refractivity contribution >= 4 is 17.5 Å². The Balaban J connectivity index is 2.27. The molecule has 0 radical (unpaired) electrons. The van der Waals surface area contributed by atoms with Crippen LogP contribution in [0.25, 0.3) is 0 Å². The SMILES string of the molecule is CC1NC(c2ccc(Cl)cc2)N(CC(F)(F)F)C1=O. The summed E-state index contributed by atoms with van der Waals surface area (Å²) in [7, 11) is 0. The molecule has 1 N–H and O–H groups in total. The zero-order chi connectivity index (χ0) is 14.2. The molecule has 3 nitrogen and oxygen atoms in total. The summed E-state index contributed by atoms with van der Waals surface area (Å²) in [4.78, 5) is 12.6. The van der Waals surface area contributed by atoms with Gasteiger partial charge in [0.25, 0.3) is 0 Å². The van der Waals surface area contributed by atoms with E-state index in [1.54, 1.807) is 31.2 Å². The summed E-state index contributed by atoms with van der Waals surface area (Å²) in [5, 5.41) is 3.33. The van der Waals surface area contributed by atoms with E-state index in [9.17, 15) is 18.0 Å². The minimum absolute atomic E-state index is 0.489. The number of hydrogen-bond donors (Lipinski definition) is 1. The Morgan fingerprint density at radius 3 is 2.42 bits per heavy atom. The summed E-state index contributed by atoms with van der Waals surface area (Å²) >= 11 is 5.74. The number of halogens is 4. The van der Waals surface area contributed by atoms with Gasteiger partial charge in [-0.25, -0.2) is 0 Å². The summed E-state index contributed by atoms with van der Waals surface area (Å²) in [5.41, 5.74) is 0.575. The van der Waals surface area contributed by atoms with Crippen LogP contribution in [0.15, 0.2) is 24.3 Å². The molecule has 0 aromatic heterocycles. The lowest BCUT2D eigenvalue weighted by molar-refractivity contribution is -0.161. The summed E-state index contributed by atoms with van der Waals surface area (Å²) in [6, 6.07) is 5.74. The predicted molar refractivity (Wildman–Crippen MR) is 64.6 cm³/mol. The molecule has 0 saturated carbocycles. The van der Waals surface area contributed by atoms with Gasteiger partial charge in [-0.3, -0.25) is 10.1 Å². The predicted octanol–water partition coefficient (Wildman–Crippen LogP) is 2.72. The maximum Gasteiger partial charge on any atom is 0.406 e. The second kappa shape index (κ2) is 5.02. The Hall–Kier alpha value is -1.27.